The first-order valence-electron chi connectivity index (χ1n) is 8.64. The molecule has 0 aliphatic rings. The Balaban J connectivity index is 1.83. The molecule has 0 bridgehead atoms. The zero-order chi connectivity index (χ0) is 19.5. The molecule has 0 N–H and O–H groups in total. The Morgan fingerprint density at radius 2 is 1.57 bits per heavy atom. The fraction of sp³-hybridized carbons (Fsp3) is 0.143. The fourth-order valence-corrected chi connectivity index (χ4v) is 3.74. The van der Waals surface area contributed by atoms with Crippen LogP contribution in [0.2, 0.25) is 10.0 Å². The second-order valence-electron chi connectivity index (χ2n) is 6.29. The van der Waals surface area contributed by atoms with Crippen molar-refractivity contribution in [2.24, 2.45) is 0 Å². The lowest BCUT2D eigenvalue weighted by molar-refractivity contribution is 0.411. The first-order chi connectivity index (χ1) is 13.7. The molecule has 0 saturated carbocycles. The van der Waals surface area contributed by atoms with Gasteiger partial charge in [-0.15, -0.1) is 0 Å². The van der Waals surface area contributed by atoms with Crippen molar-refractivity contribution in [3.63, 3.8) is 0 Å². The zero-order valence-corrected chi connectivity index (χ0v) is 16.6. The minimum atomic E-state index is 0.464. The molecule has 0 amide bonds. The normalized spacial score (nSPS) is 11.0. The lowest BCUT2D eigenvalue weighted by atomic mass is 9.97. The van der Waals surface area contributed by atoms with E-state index >= 15 is 0 Å². The molecule has 0 fully saturated rings. The number of hydrogen-bond donors (Lipinski definition) is 0. The summed E-state index contributed by atoms with van der Waals surface area (Å²) in [5.41, 5.74) is 3.77. The van der Waals surface area contributed by atoms with Gasteiger partial charge in [-0.25, -0.2) is 0 Å². The summed E-state index contributed by atoms with van der Waals surface area (Å²) < 4.78 is 5.61. The van der Waals surface area contributed by atoms with Gasteiger partial charge in [-0.2, -0.15) is 10.2 Å². The number of benzene rings is 1. The molecule has 4 aromatic rings. The van der Waals surface area contributed by atoms with Gasteiger partial charge in [0.05, 0.1) is 29.0 Å². The van der Waals surface area contributed by atoms with Crippen molar-refractivity contribution in [2.45, 2.75) is 12.8 Å². The lowest BCUT2D eigenvalue weighted by Crippen LogP contribution is -2.02. The summed E-state index contributed by atoms with van der Waals surface area (Å²) >= 11 is 12.6. The third-order valence-electron chi connectivity index (χ3n) is 4.64. The smallest absolute Gasteiger partial charge is 0.123 e. The SMILES string of the molecule is COc1ccc2c(Cc3c(Cl)cncc3Cl)nncc2c1Cc1ccncc1. The molecule has 0 unspecified atom stereocenters. The van der Waals surface area contributed by atoms with Crippen LogP contribution in [0.5, 0.6) is 5.75 Å². The number of methoxy groups -OCH3 is 1. The molecule has 3 heterocycles. The molecular formula is C21H16Cl2N4O. The van der Waals surface area contributed by atoms with Gasteiger partial charge in [-0.3, -0.25) is 9.97 Å². The number of aromatic nitrogens is 4. The number of ether oxygens (including phenoxy) is 1. The third-order valence-corrected chi connectivity index (χ3v) is 5.29. The maximum absolute atomic E-state index is 6.30. The van der Waals surface area contributed by atoms with E-state index in [0.29, 0.717) is 22.9 Å². The Kier molecular flexibility index (Phi) is 5.37. The summed E-state index contributed by atoms with van der Waals surface area (Å²) in [5.74, 6) is 0.809. The molecule has 0 atom stereocenters. The van der Waals surface area contributed by atoms with E-state index in [0.717, 1.165) is 38.9 Å². The number of pyridine rings is 2. The summed E-state index contributed by atoms with van der Waals surface area (Å²) in [4.78, 5) is 8.10. The molecule has 0 spiro atoms. The van der Waals surface area contributed by atoms with Crippen LogP contribution >= 0.6 is 23.2 Å². The highest BCUT2D eigenvalue weighted by Gasteiger charge is 2.15. The summed E-state index contributed by atoms with van der Waals surface area (Å²) in [7, 11) is 1.67. The average Bonchev–Trinajstić information content (AvgIpc) is 2.72. The Labute approximate surface area is 172 Å². The van der Waals surface area contributed by atoms with E-state index in [1.165, 1.54) is 0 Å². The third kappa shape index (κ3) is 3.63. The molecule has 3 aromatic heterocycles. The van der Waals surface area contributed by atoms with Gasteiger partial charge in [0.2, 0.25) is 0 Å². The van der Waals surface area contributed by atoms with Crippen LogP contribution in [-0.2, 0) is 12.8 Å². The first-order valence-corrected chi connectivity index (χ1v) is 9.40. The van der Waals surface area contributed by atoms with Crippen molar-refractivity contribution in [3.8, 4) is 5.75 Å². The first kappa shape index (κ1) is 18.6. The number of nitrogens with zero attached hydrogens (tertiary/aromatic N) is 4. The van der Waals surface area contributed by atoms with Crippen molar-refractivity contribution < 1.29 is 4.74 Å². The highest BCUT2D eigenvalue weighted by Crippen LogP contribution is 2.33. The molecule has 0 aliphatic heterocycles. The molecular weight excluding hydrogens is 395 g/mol. The number of fused-ring (bicyclic) bond motifs is 1. The Hall–Kier alpha value is -2.76. The maximum Gasteiger partial charge on any atom is 0.123 e. The van der Waals surface area contributed by atoms with E-state index in [1.54, 1.807) is 38.1 Å². The van der Waals surface area contributed by atoms with Gasteiger partial charge in [-0.1, -0.05) is 23.2 Å². The van der Waals surface area contributed by atoms with Crippen LogP contribution < -0.4 is 4.74 Å². The number of halogens is 2. The Morgan fingerprint density at radius 3 is 2.29 bits per heavy atom. The second-order valence-corrected chi connectivity index (χ2v) is 7.10. The number of rotatable bonds is 5. The van der Waals surface area contributed by atoms with Gasteiger partial charge in [0.1, 0.15) is 5.75 Å². The minimum Gasteiger partial charge on any atom is -0.496 e. The molecule has 4 rings (SSSR count). The van der Waals surface area contributed by atoms with Crippen LogP contribution in [0.25, 0.3) is 10.8 Å². The quantitative estimate of drug-likeness (QED) is 0.467. The predicted molar refractivity (Wildman–Crippen MR) is 110 cm³/mol. The van der Waals surface area contributed by atoms with Crippen molar-refractivity contribution >= 4 is 34.0 Å². The van der Waals surface area contributed by atoms with Crippen LogP contribution in [-0.4, -0.2) is 27.3 Å². The van der Waals surface area contributed by atoms with Gasteiger partial charge in [0, 0.05) is 54.0 Å². The van der Waals surface area contributed by atoms with Crippen molar-refractivity contribution in [2.75, 3.05) is 7.11 Å². The van der Waals surface area contributed by atoms with Gasteiger partial charge >= 0.3 is 0 Å². The predicted octanol–water partition coefficient (Wildman–Crippen LogP) is 4.92. The van der Waals surface area contributed by atoms with Crippen LogP contribution in [0.1, 0.15) is 22.4 Å². The van der Waals surface area contributed by atoms with Gasteiger partial charge in [-0.05, 0) is 35.4 Å². The van der Waals surface area contributed by atoms with E-state index in [2.05, 4.69) is 20.2 Å². The zero-order valence-electron chi connectivity index (χ0n) is 15.1. The fourth-order valence-electron chi connectivity index (χ4n) is 3.24. The highest BCUT2D eigenvalue weighted by molar-refractivity contribution is 6.35. The van der Waals surface area contributed by atoms with E-state index in [1.807, 2.05) is 24.3 Å². The van der Waals surface area contributed by atoms with Crippen molar-refractivity contribution in [1.82, 2.24) is 20.2 Å². The lowest BCUT2D eigenvalue weighted by Gasteiger charge is -2.14. The average molecular weight is 411 g/mol. The molecule has 7 heteroatoms. The van der Waals surface area contributed by atoms with Gasteiger partial charge in [0.15, 0.2) is 0 Å². The van der Waals surface area contributed by atoms with Gasteiger partial charge in [0.25, 0.3) is 0 Å². The molecule has 140 valence electrons. The molecule has 0 saturated heterocycles. The summed E-state index contributed by atoms with van der Waals surface area (Å²) in [6.45, 7) is 0. The molecule has 0 aliphatic carbocycles. The van der Waals surface area contributed by atoms with E-state index in [-0.39, 0.29) is 0 Å². The molecule has 0 radical (unpaired) electrons. The molecule has 1 aromatic carbocycles. The van der Waals surface area contributed by atoms with E-state index in [4.69, 9.17) is 27.9 Å². The summed E-state index contributed by atoms with van der Waals surface area (Å²) in [6, 6.07) is 7.94. The Bertz CT molecular complexity index is 1120. The van der Waals surface area contributed by atoms with Gasteiger partial charge < -0.3 is 4.74 Å². The minimum absolute atomic E-state index is 0.464. The molecule has 5 nitrogen and oxygen atoms in total. The standard InChI is InChI=1S/C21H16Cl2N4O/c1-28-21-3-2-14-17(15(21)8-13-4-6-24-7-5-13)10-26-27-20(14)9-16-18(22)11-25-12-19(16)23/h2-7,10-12H,8-9H2,1H3. The van der Waals surface area contributed by atoms with Crippen molar-refractivity contribution in [1.29, 1.82) is 0 Å². The largest absolute Gasteiger partial charge is 0.496 e. The second kappa shape index (κ2) is 8.09. The van der Waals surface area contributed by atoms with Crippen LogP contribution in [0.15, 0.2) is 55.2 Å². The monoisotopic (exact) mass is 410 g/mol. The topological polar surface area (TPSA) is 60.8 Å². The molecule has 28 heavy (non-hydrogen) atoms. The van der Waals surface area contributed by atoms with E-state index < -0.39 is 0 Å². The van der Waals surface area contributed by atoms with Crippen LogP contribution in [0, 0.1) is 0 Å². The van der Waals surface area contributed by atoms with Crippen molar-refractivity contribution in [3.05, 3.63) is 87.7 Å². The summed E-state index contributed by atoms with van der Waals surface area (Å²) in [6.07, 6.45) is 9.67. The van der Waals surface area contributed by atoms with Crippen LogP contribution in [0.3, 0.4) is 0 Å². The Morgan fingerprint density at radius 1 is 0.821 bits per heavy atom. The van der Waals surface area contributed by atoms with Crippen LogP contribution in [0.4, 0.5) is 0 Å². The maximum atomic E-state index is 6.30. The number of hydrogen-bond acceptors (Lipinski definition) is 5. The van der Waals surface area contributed by atoms with E-state index in [9.17, 15) is 0 Å². The highest BCUT2D eigenvalue weighted by atomic mass is 35.5. The summed E-state index contributed by atoms with van der Waals surface area (Å²) in [5, 5.41) is 11.6.